The normalized spacial score (nSPS) is 15.1. The Bertz CT molecular complexity index is 1140. The Hall–Kier alpha value is -3.31. The molecule has 4 nitrogen and oxygen atoms in total. The van der Waals surface area contributed by atoms with Crippen molar-refractivity contribution in [1.82, 2.24) is 14.7 Å². The fourth-order valence-corrected chi connectivity index (χ4v) is 4.58. The molecular weight excluding hydrogens is 388 g/mol. The summed E-state index contributed by atoms with van der Waals surface area (Å²) in [5.41, 5.74) is 5.42. The molecule has 1 aliphatic heterocycles. The summed E-state index contributed by atoms with van der Waals surface area (Å²) in [5.74, 6) is 1.05. The molecule has 5 rings (SSSR count). The predicted molar refractivity (Wildman–Crippen MR) is 125 cm³/mol. The predicted octanol–water partition coefficient (Wildman–Crippen LogP) is 5.78. The summed E-state index contributed by atoms with van der Waals surface area (Å²) >= 11 is 1.82. The molecule has 0 unspecified atom stereocenters. The summed E-state index contributed by atoms with van der Waals surface area (Å²) < 4.78 is 1.98. The number of benzene rings is 3. The average Bonchev–Trinajstić information content (AvgIpc) is 3.43. The molecule has 0 amide bonds. The smallest absolute Gasteiger partial charge is 0.164 e. The molecule has 148 valence electrons. The third-order valence-electron chi connectivity index (χ3n) is 5.06. The highest BCUT2D eigenvalue weighted by Gasteiger charge is 2.22. The van der Waals surface area contributed by atoms with Crippen LogP contribution in [0.15, 0.2) is 102 Å². The van der Waals surface area contributed by atoms with E-state index < -0.39 is 0 Å². The van der Waals surface area contributed by atoms with Gasteiger partial charge in [-0.2, -0.15) is 5.10 Å². The van der Waals surface area contributed by atoms with E-state index in [2.05, 4.69) is 47.5 Å². The lowest BCUT2D eigenvalue weighted by molar-refractivity contribution is 0.458. The Balaban J connectivity index is 1.50. The molecule has 3 aromatic carbocycles. The minimum absolute atomic E-state index is 0.787. The van der Waals surface area contributed by atoms with Crippen molar-refractivity contribution in [2.75, 3.05) is 12.3 Å². The van der Waals surface area contributed by atoms with Gasteiger partial charge in [-0.15, -0.1) is 0 Å². The fourth-order valence-electron chi connectivity index (χ4n) is 3.58. The molecule has 4 aromatic rings. The van der Waals surface area contributed by atoms with Crippen LogP contribution in [0, 0.1) is 0 Å². The Morgan fingerprint density at radius 1 is 0.833 bits per heavy atom. The zero-order chi connectivity index (χ0) is 20.2. The maximum absolute atomic E-state index is 4.95. The van der Waals surface area contributed by atoms with Crippen molar-refractivity contribution in [2.24, 2.45) is 4.99 Å². The highest BCUT2D eigenvalue weighted by atomic mass is 32.2. The maximum Gasteiger partial charge on any atom is 0.164 e. The van der Waals surface area contributed by atoms with Crippen LogP contribution < -0.4 is 0 Å². The third kappa shape index (κ3) is 4.02. The van der Waals surface area contributed by atoms with E-state index in [0.29, 0.717) is 0 Å². The highest BCUT2D eigenvalue weighted by molar-refractivity contribution is 8.14. The Morgan fingerprint density at radius 3 is 2.23 bits per heavy atom. The van der Waals surface area contributed by atoms with Gasteiger partial charge in [0.15, 0.2) is 5.17 Å². The first-order valence-electron chi connectivity index (χ1n) is 10.1. The van der Waals surface area contributed by atoms with Crippen LogP contribution in [0.5, 0.6) is 0 Å². The molecule has 1 aromatic heterocycles. The van der Waals surface area contributed by atoms with Crippen LogP contribution in [0.1, 0.15) is 5.56 Å². The standard InChI is InChI=1S/C25H22N4S/c1-4-10-20(11-5-1)24-21(19-29(27-24)23-14-8-3-9-15-23)18-28-16-17-30-25(28)26-22-12-6-2-7-13-22/h1-15,19H,16-18H2. The SMILES string of the molecule is c1ccc(N=C2SCCN2Cc2cn(-c3ccccc3)nc2-c2ccccc2)cc1. The number of hydrogen-bond acceptors (Lipinski definition) is 3. The molecule has 1 saturated heterocycles. The number of nitrogens with zero attached hydrogens (tertiary/aromatic N) is 4. The molecule has 5 heteroatoms. The Morgan fingerprint density at radius 2 is 1.50 bits per heavy atom. The third-order valence-corrected chi connectivity index (χ3v) is 6.06. The van der Waals surface area contributed by atoms with Crippen molar-refractivity contribution >= 4 is 22.6 Å². The van der Waals surface area contributed by atoms with E-state index in [1.165, 1.54) is 5.56 Å². The van der Waals surface area contributed by atoms with E-state index in [4.69, 9.17) is 10.1 Å². The lowest BCUT2D eigenvalue weighted by atomic mass is 10.1. The molecule has 2 heterocycles. The number of aromatic nitrogens is 2. The Kier molecular flexibility index (Phi) is 5.36. The van der Waals surface area contributed by atoms with Gasteiger partial charge in [-0.25, -0.2) is 9.67 Å². The molecule has 0 atom stereocenters. The minimum Gasteiger partial charge on any atom is -0.346 e. The van der Waals surface area contributed by atoms with E-state index in [-0.39, 0.29) is 0 Å². The van der Waals surface area contributed by atoms with Gasteiger partial charge >= 0.3 is 0 Å². The lowest BCUT2D eigenvalue weighted by Gasteiger charge is -2.17. The van der Waals surface area contributed by atoms with Crippen LogP contribution in [0.2, 0.25) is 0 Å². The number of thioether (sulfide) groups is 1. The van der Waals surface area contributed by atoms with Gasteiger partial charge in [0.25, 0.3) is 0 Å². The molecule has 0 spiro atoms. The molecule has 0 aliphatic carbocycles. The molecule has 0 radical (unpaired) electrons. The van der Waals surface area contributed by atoms with Crippen molar-refractivity contribution in [2.45, 2.75) is 6.54 Å². The van der Waals surface area contributed by atoms with Gasteiger partial charge in [-0.3, -0.25) is 0 Å². The first-order valence-corrected chi connectivity index (χ1v) is 11.1. The minimum atomic E-state index is 0.787. The average molecular weight is 411 g/mol. The molecule has 1 aliphatic rings. The van der Waals surface area contributed by atoms with E-state index in [0.717, 1.165) is 46.6 Å². The fraction of sp³-hybridized carbons (Fsp3) is 0.120. The molecule has 0 saturated carbocycles. The van der Waals surface area contributed by atoms with Gasteiger partial charge in [0, 0.05) is 36.2 Å². The molecule has 30 heavy (non-hydrogen) atoms. The molecule has 1 fully saturated rings. The first-order chi connectivity index (χ1) is 14.9. The van der Waals surface area contributed by atoms with Crippen molar-refractivity contribution in [3.63, 3.8) is 0 Å². The zero-order valence-corrected chi connectivity index (χ0v) is 17.4. The number of aliphatic imine (C=N–C) groups is 1. The van der Waals surface area contributed by atoms with Crippen LogP contribution >= 0.6 is 11.8 Å². The summed E-state index contributed by atoms with van der Waals surface area (Å²) in [6.07, 6.45) is 2.15. The van der Waals surface area contributed by atoms with E-state index in [1.54, 1.807) is 0 Å². The van der Waals surface area contributed by atoms with Crippen LogP contribution in [-0.2, 0) is 6.54 Å². The number of rotatable bonds is 5. The molecule has 0 bridgehead atoms. The summed E-state index contributed by atoms with van der Waals surface area (Å²) in [6, 6.07) is 30.9. The van der Waals surface area contributed by atoms with E-state index >= 15 is 0 Å². The van der Waals surface area contributed by atoms with Crippen molar-refractivity contribution in [1.29, 1.82) is 0 Å². The summed E-state index contributed by atoms with van der Waals surface area (Å²) in [4.78, 5) is 7.24. The van der Waals surface area contributed by atoms with E-state index in [9.17, 15) is 0 Å². The lowest BCUT2D eigenvalue weighted by Crippen LogP contribution is -2.23. The first kappa shape index (κ1) is 18.7. The second-order valence-electron chi connectivity index (χ2n) is 7.15. The second-order valence-corrected chi connectivity index (χ2v) is 8.21. The summed E-state index contributed by atoms with van der Waals surface area (Å²) in [5, 5.41) is 6.02. The van der Waals surface area contributed by atoms with Crippen molar-refractivity contribution in [3.05, 3.63) is 103 Å². The monoisotopic (exact) mass is 410 g/mol. The van der Waals surface area contributed by atoms with Crippen molar-refractivity contribution in [3.8, 4) is 16.9 Å². The van der Waals surface area contributed by atoms with Gasteiger partial charge in [0.05, 0.1) is 17.1 Å². The van der Waals surface area contributed by atoms with Crippen LogP contribution in [0.3, 0.4) is 0 Å². The van der Waals surface area contributed by atoms with E-state index in [1.807, 2.05) is 71.0 Å². The highest BCUT2D eigenvalue weighted by Crippen LogP contribution is 2.29. The Labute approximate surface area is 180 Å². The van der Waals surface area contributed by atoms with Gasteiger partial charge in [0.1, 0.15) is 0 Å². The number of para-hydroxylation sites is 2. The van der Waals surface area contributed by atoms with Crippen LogP contribution in [-0.4, -0.2) is 32.1 Å². The quantitative estimate of drug-likeness (QED) is 0.418. The van der Waals surface area contributed by atoms with Gasteiger partial charge in [-0.05, 0) is 24.3 Å². The van der Waals surface area contributed by atoms with Gasteiger partial charge in [-0.1, -0.05) is 78.5 Å². The van der Waals surface area contributed by atoms with Crippen molar-refractivity contribution < 1.29 is 0 Å². The topological polar surface area (TPSA) is 33.4 Å². The van der Waals surface area contributed by atoms with Gasteiger partial charge < -0.3 is 4.90 Å². The number of hydrogen-bond donors (Lipinski definition) is 0. The summed E-state index contributed by atoms with van der Waals surface area (Å²) in [6.45, 7) is 1.77. The molecular formula is C25H22N4S. The zero-order valence-electron chi connectivity index (χ0n) is 16.6. The van der Waals surface area contributed by atoms with Crippen LogP contribution in [0.4, 0.5) is 5.69 Å². The second kappa shape index (κ2) is 8.59. The van der Waals surface area contributed by atoms with Crippen LogP contribution in [0.25, 0.3) is 16.9 Å². The molecule has 0 N–H and O–H groups in total. The maximum atomic E-state index is 4.95. The number of amidine groups is 1. The largest absolute Gasteiger partial charge is 0.346 e. The van der Waals surface area contributed by atoms with Gasteiger partial charge in [0.2, 0.25) is 0 Å². The summed E-state index contributed by atoms with van der Waals surface area (Å²) in [7, 11) is 0.